The summed E-state index contributed by atoms with van der Waals surface area (Å²) >= 11 is 0. The van der Waals surface area contributed by atoms with Crippen molar-refractivity contribution in [2.45, 2.75) is 302 Å². The zero-order valence-electron chi connectivity index (χ0n) is 48.1. The van der Waals surface area contributed by atoms with Gasteiger partial charge in [-0.15, -0.1) is 0 Å². The highest BCUT2D eigenvalue weighted by Gasteiger charge is 2.25. The number of hydrogen-bond acceptors (Lipinski definition) is 7. The van der Waals surface area contributed by atoms with E-state index in [4.69, 9.17) is 18.9 Å². The van der Waals surface area contributed by atoms with Crippen LogP contribution in [-0.2, 0) is 33.3 Å². The number of aliphatic carboxylic acids is 1. The van der Waals surface area contributed by atoms with Crippen molar-refractivity contribution in [1.82, 2.24) is 0 Å². The molecule has 72 heavy (non-hydrogen) atoms. The van der Waals surface area contributed by atoms with Crippen molar-refractivity contribution < 1.29 is 42.9 Å². The van der Waals surface area contributed by atoms with E-state index in [1.54, 1.807) is 0 Å². The minimum absolute atomic E-state index is 0.181. The molecule has 1 N–H and O–H groups in total. The van der Waals surface area contributed by atoms with E-state index >= 15 is 0 Å². The molecule has 422 valence electrons. The Labute approximate surface area is 445 Å². The number of ether oxygens (including phenoxy) is 4. The van der Waals surface area contributed by atoms with Crippen LogP contribution in [-0.4, -0.2) is 87.4 Å². The number of rotatable bonds is 57. The van der Waals surface area contributed by atoms with Crippen molar-refractivity contribution in [3.05, 3.63) is 36.5 Å². The highest BCUT2D eigenvalue weighted by Crippen LogP contribution is 2.17. The summed E-state index contributed by atoms with van der Waals surface area (Å²) in [6.45, 7) is 4.90. The lowest BCUT2D eigenvalue weighted by Crippen LogP contribution is -2.40. The van der Waals surface area contributed by atoms with Gasteiger partial charge in [-0.05, 0) is 51.4 Å². The Morgan fingerprint density at radius 1 is 0.417 bits per heavy atom. The second kappa shape index (κ2) is 54.8. The number of nitrogens with zero attached hydrogens (tertiary/aromatic N) is 1. The smallest absolute Gasteiger partial charge is 0.361 e. The Morgan fingerprint density at radius 3 is 1.11 bits per heavy atom. The summed E-state index contributed by atoms with van der Waals surface area (Å²) < 4.78 is 22.9. The number of carbonyl (C=O) groups excluding carboxylic acids is 2. The van der Waals surface area contributed by atoms with Crippen molar-refractivity contribution in [1.29, 1.82) is 0 Å². The van der Waals surface area contributed by atoms with Crippen LogP contribution in [0.15, 0.2) is 36.5 Å². The van der Waals surface area contributed by atoms with Gasteiger partial charge in [-0.2, -0.15) is 0 Å². The normalized spacial score (nSPS) is 13.0. The number of unbranched alkanes of at least 4 members (excludes halogenated alkanes) is 36. The number of esters is 2. The lowest BCUT2D eigenvalue weighted by molar-refractivity contribution is -0.870. The Bertz CT molecular complexity index is 1270. The zero-order valence-corrected chi connectivity index (χ0v) is 48.1. The maximum absolute atomic E-state index is 12.9. The largest absolute Gasteiger partial charge is 0.477 e. The first-order valence-corrected chi connectivity index (χ1v) is 30.7. The van der Waals surface area contributed by atoms with Crippen LogP contribution in [0.5, 0.6) is 0 Å². The van der Waals surface area contributed by atoms with Gasteiger partial charge < -0.3 is 28.5 Å². The van der Waals surface area contributed by atoms with Crippen LogP contribution in [0.3, 0.4) is 0 Å². The Kier molecular flexibility index (Phi) is 52.9. The molecular formula is C63H118NO8+. The molecule has 0 aliphatic heterocycles. The molecule has 0 aromatic heterocycles. The monoisotopic (exact) mass is 1020 g/mol. The lowest BCUT2D eigenvalue weighted by Gasteiger charge is -2.25. The van der Waals surface area contributed by atoms with E-state index in [1.165, 1.54) is 199 Å². The van der Waals surface area contributed by atoms with Crippen LogP contribution in [0.25, 0.3) is 0 Å². The third-order valence-electron chi connectivity index (χ3n) is 13.6. The molecule has 2 atom stereocenters. The second-order valence-electron chi connectivity index (χ2n) is 22.0. The molecule has 0 spiro atoms. The van der Waals surface area contributed by atoms with Gasteiger partial charge in [0.25, 0.3) is 6.29 Å². The van der Waals surface area contributed by atoms with Gasteiger partial charge in [-0.1, -0.05) is 262 Å². The Morgan fingerprint density at radius 2 is 0.750 bits per heavy atom. The van der Waals surface area contributed by atoms with Crippen LogP contribution in [0, 0.1) is 0 Å². The first-order valence-electron chi connectivity index (χ1n) is 30.7. The maximum atomic E-state index is 12.9. The quantitative estimate of drug-likeness (QED) is 0.0211. The average molecular weight is 1020 g/mol. The Hall–Kier alpha value is -2.49. The molecule has 0 fully saturated rings. The van der Waals surface area contributed by atoms with Gasteiger partial charge in [0.1, 0.15) is 13.2 Å². The molecule has 0 bridgehead atoms. The van der Waals surface area contributed by atoms with E-state index in [-0.39, 0.29) is 32.2 Å². The van der Waals surface area contributed by atoms with Crippen LogP contribution in [0.4, 0.5) is 0 Å². The summed E-state index contributed by atoms with van der Waals surface area (Å²) in [5, 5.41) is 9.71. The first kappa shape index (κ1) is 69.5. The van der Waals surface area contributed by atoms with Gasteiger partial charge >= 0.3 is 17.9 Å². The van der Waals surface area contributed by atoms with E-state index in [0.717, 1.165) is 57.8 Å². The number of carboxylic acids is 1. The van der Waals surface area contributed by atoms with Crippen molar-refractivity contribution in [3.8, 4) is 0 Å². The summed E-state index contributed by atoms with van der Waals surface area (Å²) in [7, 11) is 5.97. The third kappa shape index (κ3) is 55.3. The molecule has 0 saturated carbocycles. The number of likely N-dealkylation sites (N-methyl/N-ethyl adjacent to an activating group) is 1. The maximum Gasteiger partial charge on any atom is 0.361 e. The predicted octanol–water partition coefficient (Wildman–Crippen LogP) is 18.1. The zero-order chi connectivity index (χ0) is 52.7. The van der Waals surface area contributed by atoms with Gasteiger partial charge in [0.05, 0.1) is 34.4 Å². The number of carboxylic acid groups (broad SMARTS) is 1. The number of hydrogen-bond donors (Lipinski definition) is 1. The van der Waals surface area contributed by atoms with Crippen molar-refractivity contribution in [2.24, 2.45) is 0 Å². The van der Waals surface area contributed by atoms with Crippen molar-refractivity contribution in [2.75, 3.05) is 47.5 Å². The van der Waals surface area contributed by atoms with E-state index in [2.05, 4.69) is 50.3 Å². The van der Waals surface area contributed by atoms with E-state index in [0.29, 0.717) is 23.9 Å². The van der Waals surface area contributed by atoms with Gasteiger partial charge in [0.15, 0.2) is 6.10 Å². The van der Waals surface area contributed by atoms with Crippen LogP contribution in [0.1, 0.15) is 290 Å². The Balaban J connectivity index is 4.20. The molecule has 0 rings (SSSR count). The molecule has 0 saturated heterocycles. The van der Waals surface area contributed by atoms with E-state index < -0.39 is 24.3 Å². The fourth-order valence-electron chi connectivity index (χ4n) is 8.91. The third-order valence-corrected chi connectivity index (χ3v) is 13.6. The van der Waals surface area contributed by atoms with E-state index in [9.17, 15) is 19.5 Å². The molecule has 0 aromatic rings. The molecule has 0 aliphatic carbocycles. The summed E-state index contributed by atoms with van der Waals surface area (Å²) in [4.78, 5) is 37.5. The van der Waals surface area contributed by atoms with Crippen molar-refractivity contribution >= 4 is 17.9 Å². The van der Waals surface area contributed by atoms with Gasteiger partial charge in [0.2, 0.25) is 0 Å². The van der Waals surface area contributed by atoms with Crippen LogP contribution >= 0.6 is 0 Å². The minimum Gasteiger partial charge on any atom is -0.477 e. The van der Waals surface area contributed by atoms with Gasteiger partial charge in [-0.3, -0.25) is 9.59 Å². The molecule has 0 amide bonds. The fraction of sp³-hybridized carbons (Fsp3) is 0.857. The van der Waals surface area contributed by atoms with Crippen LogP contribution < -0.4 is 0 Å². The highest BCUT2D eigenvalue weighted by molar-refractivity contribution is 5.71. The second-order valence-corrected chi connectivity index (χ2v) is 22.0. The van der Waals surface area contributed by atoms with Gasteiger partial charge in [0, 0.05) is 12.8 Å². The molecule has 0 aliphatic rings. The topological polar surface area (TPSA) is 108 Å². The average Bonchev–Trinajstić information content (AvgIpc) is 3.35. The standard InChI is InChI=1S/C63H117NO8/c1-6-8-10-12-14-16-18-20-22-24-26-28-30-32-33-35-37-39-41-43-45-47-49-51-53-60(65)70-57-59(58-71-63(62(67)68)69-56-55-64(3,4)5)72-61(66)54-52-50-48-46-44-42-40-38-36-34-31-29-27-25-23-21-19-17-15-13-11-9-7-2/h19,21,25,27,31,34,59,63H,6-18,20,22-24,26,28-30,32-33,35-58H2,1-5H3/p+1/b21-19-,27-25-,34-31-. The predicted molar refractivity (Wildman–Crippen MR) is 304 cm³/mol. The molecule has 2 unspecified atom stereocenters. The lowest BCUT2D eigenvalue weighted by atomic mass is 10.0. The summed E-state index contributed by atoms with van der Waals surface area (Å²) in [5.74, 6) is -2.00. The number of carbonyl (C=O) groups is 3. The van der Waals surface area contributed by atoms with Gasteiger partial charge in [-0.25, -0.2) is 4.79 Å². The molecule has 0 radical (unpaired) electrons. The molecule has 9 nitrogen and oxygen atoms in total. The summed E-state index contributed by atoms with van der Waals surface area (Å²) in [6, 6.07) is 0. The SMILES string of the molecule is CCCCCCC/C=C\C/C=C\C/C=C\CCCCCCCCCCC(=O)OC(COC(=O)CCCCCCCCCCCCCCCCCCCCCCCCCC)COC(OCC[N+](C)(C)C)C(=O)O. The summed E-state index contributed by atoms with van der Waals surface area (Å²) in [6.07, 6.45) is 63.7. The fourth-order valence-corrected chi connectivity index (χ4v) is 8.91. The summed E-state index contributed by atoms with van der Waals surface area (Å²) in [5.41, 5.74) is 0. The molecule has 9 heteroatoms. The number of quaternary nitrogens is 1. The highest BCUT2D eigenvalue weighted by atomic mass is 16.7. The van der Waals surface area contributed by atoms with Crippen molar-refractivity contribution in [3.63, 3.8) is 0 Å². The molecule has 0 heterocycles. The number of allylic oxidation sites excluding steroid dienone is 6. The first-order chi connectivity index (χ1) is 35.1. The molecule has 0 aromatic carbocycles. The van der Waals surface area contributed by atoms with E-state index in [1.807, 2.05) is 21.1 Å². The minimum atomic E-state index is -1.51. The van der Waals surface area contributed by atoms with Crippen LogP contribution in [0.2, 0.25) is 0 Å². The molecular weight excluding hydrogens is 899 g/mol.